The van der Waals surface area contributed by atoms with E-state index >= 15 is 0 Å². The maximum Gasteiger partial charge on any atom is 0.250 e. The Morgan fingerprint density at radius 3 is 1.52 bits per heavy atom. The van der Waals surface area contributed by atoms with Crippen molar-refractivity contribution >= 4 is 46.3 Å². The Morgan fingerprint density at radius 1 is 0.591 bits per heavy atom. The van der Waals surface area contributed by atoms with Crippen LogP contribution in [0.4, 0.5) is 0 Å². The van der Waals surface area contributed by atoms with Gasteiger partial charge in [-0.25, -0.2) is 9.97 Å². The van der Waals surface area contributed by atoms with E-state index < -0.39 is 12.1 Å². The van der Waals surface area contributed by atoms with Crippen LogP contribution in [-0.4, -0.2) is 62.5 Å². The van der Waals surface area contributed by atoms with Crippen LogP contribution in [0.1, 0.15) is 126 Å². The van der Waals surface area contributed by atoms with Gasteiger partial charge < -0.3 is 20.4 Å². The fraction of sp³-hybridized carbons (Fsp3) is 0.407. The van der Waals surface area contributed by atoms with Gasteiger partial charge in [-0.2, -0.15) is 0 Å². The maximum atomic E-state index is 14.2. The SMILES string of the molecule is CCCCCC(=O)NC(C(=O)N(CCC)Cc1ncc(-c2ccc(-c3ccc(-c4cnc(CN(CCC)C(=O)C(NC(=O)CCCCC)c5ccccc5)s4)cc3)cc2)s1)C1=CC=CCC1. The van der Waals surface area contributed by atoms with Gasteiger partial charge in [-0.15, -0.1) is 22.7 Å². The van der Waals surface area contributed by atoms with Crippen molar-refractivity contribution in [2.24, 2.45) is 0 Å². The number of thiazole rings is 2. The fourth-order valence-corrected chi connectivity index (χ4v) is 9.98. The van der Waals surface area contributed by atoms with Crippen molar-refractivity contribution in [3.8, 4) is 32.0 Å². The second-order valence-corrected chi connectivity index (χ2v) is 19.2. The Morgan fingerprint density at radius 2 is 1.06 bits per heavy atom. The van der Waals surface area contributed by atoms with Crippen LogP contribution in [0.3, 0.4) is 0 Å². The number of nitrogens with zero attached hydrogens (tertiary/aromatic N) is 4. The summed E-state index contributed by atoms with van der Waals surface area (Å²) in [5.74, 6) is -0.391. The van der Waals surface area contributed by atoms with Gasteiger partial charge >= 0.3 is 0 Å². The van der Waals surface area contributed by atoms with E-state index in [4.69, 9.17) is 9.97 Å². The summed E-state index contributed by atoms with van der Waals surface area (Å²) in [4.78, 5) is 69.4. The van der Waals surface area contributed by atoms with Crippen molar-refractivity contribution in [2.45, 2.75) is 130 Å². The van der Waals surface area contributed by atoms with Gasteiger partial charge in [-0.1, -0.05) is 150 Å². The minimum absolute atomic E-state index is 0.0747. The molecule has 0 spiro atoms. The molecule has 2 heterocycles. The summed E-state index contributed by atoms with van der Waals surface area (Å²) in [7, 11) is 0. The molecule has 3 aromatic carbocycles. The van der Waals surface area contributed by atoms with E-state index in [0.29, 0.717) is 39.0 Å². The van der Waals surface area contributed by atoms with Gasteiger partial charge in [0.15, 0.2) is 0 Å². The molecule has 0 radical (unpaired) electrons. The number of carbonyl (C=O) groups excluding carboxylic acids is 4. The predicted octanol–water partition coefficient (Wildman–Crippen LogP) is 11.9. The lowest BCUT2D eigenvalue weighted by Crippen LogP contribution is -2.49. The lowest BCUT2D eigenvalue weighted by Gasteiger charge is -2.29. The maximum absolute atomic E-state index is 14.2. The number of benzene rings is 3. The van der Waals surface area contributed by atoms with Gasteiger partial charge in [0.05, 0.1) is 22.8 Å². The zero-order valence-electron chi connectivity index (χ0n) is 39.1. The lowest BCUT2D eigenvalue weighted by molar-refractivity contribution is -0.137. The first kappa shape index (κ1) is 49.7. The molecule has 0 saturated heterocycles. The lowest BCUT2D eigenvalue weighted by atomic mass is 9.96. The molecule has 1 aliphatic rings. The van der Waals surface area contributed by atoms with Gasteiger partial charge in [-0.05, 0) is 71.9 Å². The highest BCUT2D eigenvalue weighted by atomic mass is 32.1. The number of unbranched alkanes of at least 4 members (excludes halogenated alkanes) is 4. The highest BCUT2D eigenvalue weighted by Crippen LogP contribution is 2.33. The van der Waals surface area contributed by atoms with E-state index in [1.807, 2.05) is 64.7 Å². The number of allylic oxidation sites excluding steroid dienone is 3. The van der Waals surface area contributed by atoms with Crippen molar-refractivity contribution in [3.63, 3.8) is 0 Å². The second kappa shape index (κ2) is 25.8. The van der Waals surface area contributed by atoms with Crippen molar-refractivity contribution in [3.05, 3.63) is 131 Å². The van der Waals surface area contributed by atoms with Gasteiger partial charge in [0.2, 0.25) is 23.6 Å². The van der Waals surface area contributed by atoms with Crippen molar-refractivity contribution in [1.82, 2.24) is 30.4 Å². The van der Waals surface area contributed by atoms with Gasteiger partial charge in [0.25, 0.3) is 0 Å². The molecule has 6 rings (SSSR count). The van der Waals surface area contributed by atoms with Gasteiger partial charge in [0.1, 0.15) is 22.1 Å². The minimum Gasteiger partial charge on any atom is -0.341 e. The summed E-state index contributed by atoms with van der Waals surface area (Å²) in [6, 6.07) is 25.0. The summed E-state index contributed by atoms with van der Waals surface area (Å²) in [6.07, 6.45) is 19.5. The van der Waals surface area contributed by atoms with E-state index in [2.05, 4.69) is 92.9 Å². The molecule has 2 aromatic heterocycles. The average Bonchev–Trinajstić information content (AvgIpc) is 4.03. The smallest absolute Gasteiger partial charge is 0.250 e. The molecule has 348 valence electrons. The molecule has 1 aliphatic carbocycles. The summed E-state index contributed by atoms with van der Waals surface area (Å²) in [5.41, 5.74) is 6.02. The number of nitrogens with one attached hydrogen (secondary N) is 2. The van der Waals surface area contributed by atoms with Crippen molar-refractivity contribution < 1.29 is 19.2 Å². The number of hydrogen-bond donors (Lipinski definition) is 2. The van der Waals surface area contributed by atoms with E-state index in [9.17, 15) is 19.2 Å². The van der Waals surface area contributed by atoms with E-state index in [1.165, 1.54) is 0 Å². The number of aromatic nitrogens is 2. The number of rotatable bonds is 25. The third kappa shape index (κ3) is 14.1. The molecule has 4 amide bonds. The molecule has 10 nitrogen and oxygen atoms in total. The summed E-state index contributed by atoms with van der Waals surface area (Å²) < 4.78 is 0. The first-order valence-corrected chi connectivity index (χ1v) is 25.5. The monoisotopic (exact) mass is 926 g/mol. The Hall–Kier alpha value is -5.72. The highest BCUT2D eigenvalue weighted by molar-refractivity contribution is 7.15. The molecular formula is C54H66N6O4S2. The van der Waals surface area contributed by atoms with Crippen LogP contribution in [0.25, 0.3) is 32.0 Å². The van der Waals surface area contributed by atoms with Crippen LogP contribution in [-0.2, 0) is 32.3 Å². The Balaban J connectivity index is 1.09. The molecule has 0 fully saturated rings. The standard InChI is InChI=1S/C54H66N6O4S2/c1-5-9-13-23-47(61)57-51(43-19-15-11-16-20-43)53(63)59(33-7-3)37-49-55-35-45(65-49)41-29-25-39(26-30-41)40-27-31-42(32-28-40)46-36-56-50(66-46)38-60(34-8-4)54(64)52(44-21-17-12-18-22-44)58-48(62)24-14-10-6-2/h11-12,15-17,19-21,25-32,35-36,51-52H,5-10,13-14,18,22-24,33-34,37-38H2,1-4H3,(H,57,61)(H,58,62). The molecule has 5 aromatic rings. The first-order valence-electron chi connectivity index (χ1n) is 23.9. The normalized spacial score (nSPS) is 13.1. The first-order chi connectivity index (χ1) is 32.2. The molecule has 0 aliphatic heterocycles. The third-order valence-corrected chi connectivity index (χ3v) is 13.8. The number of hydrogen-bond acceptors (Lipinski definition) is 8. The van der Waals surface area contributed by atoms with E-state index in [1.54, 1.807) is 22.7 Å². The van der Waals surface area contributed by atoms with Crippen LogP contribution in [0, 0.1) is 0 Å². The molecule has 2 N–H and O–H groups in total. The van der Waals surface area contributed by atoms with E-state index in [0.717, 1.165) is 117 Å². The van der Waals surface area contributed by atoms with Crippen molar-refractivity contribution in [2.75, 3.05) is 13.1 Å². The van der Waals surface area contributed by atoms with Crippen LogP contribution in [0.2, 0.25) is 0 Å². The fourth-order valence-electron chi connectivity index (χ4n) is 8.10. The number of carbonyl (C=O) groups is 4. The third-order valence-electron chi connectivity index (χ3n) is 11.7. The van der Waals surface area contributed by atoms with Crippen LogP contribution in [0.5, 0.6) is 0 Å². The highest BCUT2D eigenvalue weighted by Gasteiger charge is 2.30. The molecular weight excluding hydrogens is 861 g/mol. The van der Waals surface area contributed by atoms with Crippen molar-refractivity contribution in [1.29, 1.82) is 0 Å². The molecule has 2 unspecified atom stereocenters. The zero-order chi connectivity index (χ0) is 46.7. The van der Waals surface area contributed by atoms with Crippen LogP contribution < -0.4 is 10.6 Å². The van der Waals surface area contributed by atoms with E-state index in [-0.39, 0.29) is 23.6 Å². The zero-order valence-corrected chi connectivity index (χ0v) is 40.7. The molecule has 0 saturated carbocycles. The predicted molar refractivity (Wildman–Crippen MR) is 270 cm³/mol. The van der Waals surface area contributed by atoms with Crippen LogP contribution in [0.15, 0.2) is 115 Å². The molecule has 2 atom stereocenters. The quantitative estimate of drug-likeness (QED) is 0.0562. The Bertz CT molecular complexity index is 2390. The molecule has 12 heteroatoms. The van der Waals surface area contributed by atoms with Crippen LogP contribution >= 0.6 is 22.7 Å². The summed E-state index contributed by atoms with van der Waals surface area (Å²) in [5, 5.41) is 7.82. The molecule has 66 heavy (non-hydrogen) atoms. The van der Waals surface area contributed by atoms with Gasteiger partial charge in [-0.3, -0.25) is 19.2 Å². The average molecular weight is 927 g/mol. The van der Waals surface area contributed by atoms with Gasteiger partial charge in [0, 0.05) is 38.3 Å². The largest absolute Gasteiger partial charge is 0.341 e. The summed E-state index contributed by atoms with van der Waals surface area (Å²) >= 11 is 3.16. The second-order valence-electron chi connectivity index (χ2n) is 16.9. The Kier molecular flexibility index (Phi) is 19.5. The molecule has 0 bridgehead atoms. The Labute approximate surface area is 399 Å². The summed E-state index contributed by atoms with van der Waals surface area (Å²) in [6.45, 7) is 10.2. The minimum atomic E-state index is -0.756. The number of amides is 4. The topological polar surface area (TPSA) is 125 Å².